The van der Waals surface area contributed by atoms with Crippen molar-refractivity contribution in [1.29, 1.82) is 0 Å². The summed E-state index contributed by atoms with van der Waals surface area (Å²) in [6.45, 7) is 3.38. The van der Waals surface area contributed by atoms with E-state index in [2.05, 4.69) is 48.1 Å². The van der Waals surface area contributed by atoms with Crippen LogP contribution in [-0.2, 0) is 10.4 Å². The molecule has 110 valence electrons. The summed E-state index contributed by atoms with van der Waals surface area (Å²) in [6, 6.07) is 16.6. The van der Waals surface area contributed by atoms with Crippen LogP contribution >= 0.6 is 0 Å². The lowest BCUT2D eigenvalue weighted by atomic mass is 9.90. The number of rotatable bonds is 3. The van der Waals surface area contributed by atoms with Crippen molar-refractivity contribution in [3.8, 4) is 16.9 Å². The molecule has 0 aliphatic carbocycles. The van der Waals surface area contributed by atoms with E-state index in [9.17, 15) is 0 Å². The van der Waals surface area contributed by atoms with Crippen LogP contribution in [-0.4, -0.2) is 20.4 Å². The molecule has 1 unspecified atom stereocenters. The SMILES string of the molecule is COc1cccc(-c2cccc(C3(C)CONCN3)c2)c1. The molecule has 2 aromatic carbocycles. The largest absolute Gasteiger partial charge is 0.497 e. The van der Waals surface area contributed by atoms with Crippen LogP contribution in [0.5, 0.6) is 5.75 Å². The summed E-state index contributed by atoms with van der Waals surface area (Å²) in [4.78, 5) is 5.39. The van der Waals surface area contributed by atoms with Crippen LogP contribution in [0, 0.1) is 0 Å². The maximum Gasteiger partial charge on any atom is 0.119 e. The van der Waals surface area contributed by atoms with Crippen LogP contribution in [0.4, 0.5) is 0 Å². The van der Waals surface area contributed by atoms with Gasteiger partial charge >= 0.3 is 0 Å². The third kappa shape index (κ3) is 2.93. The van der Waals surface area contributed by atoms with Gasteiger partial charge in [-0.1, -0.05) is 30.3 Å². The van der Waals surface area contributed by atoms with E-state index in [1.807, 2.05) is 18.2 Å². The second kappa shape index (κ2) is 5.85. The lowest BCUT2D eigenvalue weighted by Gasteiger charge is -2.35. The lowest BCUT2D eigenvalue weighted by Crippen LogP contribution is -2.53. The molecule has 4 nitrogen and oxygen atoms in total. The second-order valence-corrected chi connectivity index (χ2v) is 5.43. The van der Waals surface area contributed by atoms with Crippen molar-refractivity contribution < 1.29 is 9.57 Å². The lowest BCUT2D eigenvalue weighted by molar-refractivity contribution is -0.0453. The fraction of sp³-hybridized carbons (Fsp3) is 0.294. The highest BCUT2D eigenvalue weighted by Crippen LogP contribution is 2.29. The standard InChI is InChI=1S/C17H20N2O2/c1-17(11-21-19-12-18-17)15-7-3-5-13(9-15)14-6-4-8-16(10-14)20-2/h3-10,18-19H,11-12H2,1-2H3. The van der Waals surface area contributed by atoms with Gasteiger partial charge in [0, 0.05) is 0 Å². The zero-order chi connectivity index (χ0) is 14.7. The summed E-state index contributed by atoms with van der Waals surface area (Å²) in [5, 5.41) is 3.45. The normalized spacial score (nSPS) is 22.0. The Morgan fingerprint density at radius 1 is 1.10 bits per heavy atom. The smallest absolute Gasteiger partial charge is 0.119 e. The van der Waals surface area contributed by atoms with E-state index in [1.165, 1.54) is 11.1 Å². The molecule has 0 aromatic heterocycles. The Morgan fingerprint density at radius 2 is 1.86 bits per heavy atom. The zero-order valence-corrected chi connectivity index (χ0v) is 12.3. The van der Waals surface area contributed by atoms with Crippen LogP contribution in [0.1, 0.15) is 12.5 Å². The highest BCUT2D eigenvalue weighted by Gasteiger charge is 2.29. The summed E-state index contributed by atoms with van der Waals surface area (Å²) in [5.74, 6) is 0.868. The topological polar surface area (TPSA) is 42.5 Å². The van der Waals surface area contributed by atoms with E-state index in [1.54, 1.807) is 7.11 Å². The molecule has 1 heterocycles. The van der Waals surface area contributed by atoms with E-state index < -0.39 is 0 Å². The number of nitrogens with one attached hydrogen (secondary N) is 2. The molecule has 1 aliphatic rings. The van der Waals surface area contributed by atoms with Gasteiger partial charge in [0.1, 0.15) is 5.75 Å². The molecule has 0 saturated carbocycles. The molecule has 4 heteroatoms. The first kappa shape index (κ1) is 14.1. The monoisotopic (exact) mass is 284 g/mol. The van der Waals surface area contributed by atoms with E-state index in [0.717, 1.165) is 11.3 Å². The molecule has 21 heavy (non-hydrogen) atoms. The molecule has 1 aliphatic heterocycles. The molecular formula is C17H20N2O2. The summed E-state index contributed by atoms with van der Waals surface area (Å²) in [7, 11) is 1.69. The third-order valence-corrected chi connectivity index (χ3v) is 3.92. The van der Waals surface area contributed by atoms with Crippen LogP contribution in [0.15, 0.2) is 48.5 Å². The Bertz CT molecular complexity index is 622. The highest BCUT2D eigenvalue weighted by atomic mass is 16.6. The molecule has 2 aromatic rings. The Morgan fingerprint density at radius 3 is 2.57 bits per heavy atom. The van der Waals surface area contributed by atoms with Crippen molar-refractivity contribution in [3.63, 3.8) is 0 Å². The molecule has 0 spiro atoms. The number of hydrogen-bond acceptors (Lipinski definition) is 4. The quantitative estimate of drug-likeness (QED) is 0.909. The Hall–Kier alpha value is -1.88. The van der Waals surface area contributed by atoms with Gasteiger partial charge in [0.2, 0.25) is 0 Å². The van der Waals surface area contributed by atoms with Gasteiger partial charge in [-0.3, -0.25) is 10.2 Å². The predicted molar refractivity (Wildman–Crippen MR) is 82.9 cm³/mol. The number of methoxy groups -OCH3 is 1. The first-order valence-electron chi connectivity index (χ1n) is 7.06. The molecule has 2 N–H and O–H groups in total. The molecule has 0 bridgehead atoms. The fourth-order valence-electron chi connectivity index (χ4n) is 2.56. The predicted octanol–water partition coefficient (Wildman–Crippen LogP) is 2.66. The molecule has 1 atom stereocenters. The number of hydrogen-bond donors (Lipinski definition) is 2. The number of ether oxygens (including phenoxy) is 1. The summed E-state index contributed by atoms with van der Waals surface area (Å²) < 4.78 is 5.30. The fourth-order valence-corrected chi connectivity index (χ4v) is 2.56. The summed E-state index contributed by atoms with van der Waals surface area (Å²) in [5.41, 5.74) is 6.20. The van der Waals surface area contributed by atoms with Crippen LogP contribution in [0.2, 0.25) is 0 Å². The van der Waals surface area contributed by atoms with Crippen molar-refractivity contribution in [1.82, 2.24) is 10.8 Å². The van der Waals surface area contributed by atoms with E-state index in [4.69, 9.17) is 9.57 Å². The van der Waals surface area contributed by atoms with E-state index in [0.29, 0.717) is 13.3 Å². The average Bonchev–Trinajstić information content (AvgIpc) is 2.56. The van der Waals surface area contributed by atoms with Crippen molar-refractivity contribution in [2.24, 2.45) is 0 Å². The van der Waals surface area contributed by atoms with E-state index in [-0.39, 0.29) is 5.54 Å². The molecule has 0 amide bonds. The van der Waals surface area contributed by atoms with Gasteiger partial charge in [-0.15, -0.1) is 0 Å². The maximum absolute atomic E-state index is 5.39. The van der Waals surface area contributed by atoms with Gasteiger partial charge < -0.3 is 4.74 Å². The molecule has 0 radical (unpaired) electrons. The Balaban J connectivity index is 1.95. The van der Waals surface area contributed by atoms with Crippen molar-refractivity contribution >= 4 is 0 Å². The molecular weight excluding hydrogens is 264 g/mol. The van der Waals surface area contributed by atoms with Crippen LogP contribution < -0.4 is 15.5 Å². The van der Waals surface area contributed by atoms with Gasteiger partial charge in [-0.25, -0.2) is 0 Å². The maximum atomic E-state index is 5.39. The minimum absolute atomic E-state index is 0.180. The summed E-state index contributed by atoms with van der Waals surface area (Å²) in [6.07, 6.45) is 0. The molecule has 3 rings (SSSR count). The van der Waals surface area contributed by atoms with Crippen LogP contribution in [0.25, 0.3) is 11.1 Å². The van der Waals surface area contributed by atoms with Gasteiger partial charge in [-0.05, 0) is 41.8 Å². The second-order valence-electron chi connectivity index (χ2n) is 5.43. The Labute approximate surface area is 125 Å². The van der Waals surface area contributed by atoms with E-state index >= 15 is 0 Å². The van der Waals surface area contributed by atoms with Crippen molar-refractivity contribution in [2.75, 3.05) is 20.4 Å². The first-order chi connectivity index (χ1) is 10.2. The zero-order valence-electron chi connectivity index (χ0n) is 12.3. The van der Waals surface area contributed by atoms with Crippen molar-refractivity contribution in [2.45, 2.75) is 12.5 Å². The minimum Gasteiger partial charge on any atom is -0.497 e. The number of benzene rings is 2. The number of hydroxylamine groups is 1. The highest BCUT2D eigenvalue weighted by molar-refractivity contribution is 5.66. The Kier molecular flexibility index (Phi) is 3.92. The van der Waals surface area contributed by atoms with Crippen LogP contribution in [0.3, 0.4) is 0 Å². The summed E-state index contributed by atoms with van der Waals surface area (Å²) >= 11 is 0. The minimum atomic E-state index is -0.180. The van der Waals surface area contributed by atoms with Gasteiger partial charge in [-0.2, -0.15) is 5.48 Å². The first-order valence-corrected chi connectivity index (χ1v) is 7.06. The third-order valence-electron chi connectivity index (χ3n) is 3.92. The van der Waals surface area contributed by atoms with Gasteiger partial charge in [0.15, 0.2) is 0 Å². The van der Waals surface area contributed by atoms with Gasteiger partial charge in [0.05, 0.1) is 25.9 Å². The molecule has 1 fully saturated rings. The molecule has 1 saturated heterocycles. The average molecular weight is 284 g/mol. The van der Waals surface area contributed by atoms with Gasteiger partial charge in [0.25, 0.3) is 0 Å². The van der Waals surface area contributed by atoms with Crippen molar-refractivity contribution in [3.05, 3.63) is 54.1 Å².